The van der Waals surface area contributed by atoms with Crippen LogP contribution in [0.3, 0.4) is 0 Å². The highest BCUT2D eigenvalue weighted by atomic mass is 32.2. The standard InChI is InChI=1S/C11H12FN3S/c1-15-10(13)6-8(14-15)11-7(12)4-3-5-9(11)16-2/h3-6H,13H2,1-2H3. The molecule has 0 saturated carbocycles. The average Bonchev–Trinajstić information content (AvgIpc) is 2.58. The summed E-state index contributed by atoms with van der Waals surface area (Å²) in [5.74, 6) is 0.246. The highest BCUT2D eigenvalue weighted by Gasteiger charge is 2.13. The zero-order valence-electron chi connectivity index (χ0n) is 9.07. The molecule has 16 heavy (non-hydrogen) atoms. The molecule has 1 aromatic carbocycles. The second-order valence-electron chi connectivity index (χ2n) is 3.40. The lowest BCUT2D eigenvalue weighted by molar-refractivity contribution is 0.626. The molecule has 0 aliphatic carbocycles. The molecule has 0 radical (unpaired) electrons. The molecule has 1 heterocycles. The highest BCUT2D eigenvalue weighted by Crippen LogP contribution is 2.32. The van der Waals surface area contributed by atoms with Gasteiger partial charge in [0, 0.05) is 18.0 Å². The van der Waals surface area contributed by atoms with E-state index in [1.54, 1.807) is 19.2 Å². The fourth-order valence-corrected chi connectivity index (χ4v) is 2.15. The van der Waals surface area contributed by atoms with Crippen LogP contribution in [0.25, 0.3) is 11.3 Å². The third-order valence-electron chi connectivity index (χ3n) is 2.37. The van der Waals surface area contributed by atoms with Crippen LogP contribution in [0.5, 0.6) is 0 Å². The van der Waals surface area contributed by atoms with Crippen molar-refractivity contribution in [3.63, 3.8) is 0 Å². The molecule has 0 spiro atoms. The second-order valence-corrected chi connectivity index (χ2v) is 4.24. The topological polar surface area (TPSA) is 43.8 Å². The van der Waals surface area contributed by atoms with Gasteiger partial charge in [-0.2, -0.15) is 5.10 Å². The summed E-state index contributed by atoms with van der Waals surface area (Å²) in [5.41, 5.74) is 6.78. The zero-order valence-corrected chi connectivity index (χ0v) is 9.88. The predicted molar refractivity (Wildman–Crippen MR) is 64.8 cm³/mol. The number of aromatic nitrogens is 2. The quantitative estimate of drug-likeness (QED) is 0.816. The van der Waals surface area contributed by atoms with Gasteiger partial charge in [-0.05, 0) is 18.4 Å². The summed E-state index contributed by atoms with van der Waals surface area (Å²) < 4.78 is 15.3. The van der Waals surface area contributed by atoms with Crippen molar-refractivity contribution >= 4 is 17.6 Å². The first kappa shape index (κ1) is 11.0. The van der Waals surface area contributed by atoms with Crippen LogP contribution >= 0.6 is 11.8 Å². The molecule has 0 amide bonds. The number of halogens is 1. The molecule has 0 fully saturated rings. The molecule has 0 atom stereocenters. The maximum atomic E-state index is 13.8. The zero-order chi connectivity index (χ0) is 11.7. The number of rotatable bonds is 2. The minimum absolute atomic E-state index is 0.273. The van der Waals surface area contributed by atoms with E-state index in [0.717, 1.165) is 4.90 Å². The predicted octanol–water partition coefficient (Wildman–Crippen LogP) is 2.53. The van der Waals surface area contributed by atoms with Gasteiger partial charge in [-0.3, -0.25) is 4.68 Å². The van der Waals surface area contributed by atoms with Gasteiger partial charge < -0.3 is 5.73 Å². The Morgan fingerprint density at radius 2 is 2.19 bits per heavy atom. The van der Waals surface area contributed by atoms with E-state index in [9.17, 15) is 4.39 Å². The number of benzene rings is 1. The average molecular weight is 237 g/mol. The summed E-state index contributed by atoms with van der Waals surface area (Å²) in [4.78, 5) is 0.859. The van der Waals surface area contributed by atoms with Gasteiger partial charge in [0.2, 0.25) is 0 Å². The first-order chi connectivity index (χ1) is 7.63. The fraction of sp³-hybridized carbons (Fsp3) is 0.182. The van der Waals surface area contributed by atoms with E-state index >= 15 is 0 Å². The molecule has 2 rings (SSSR count). The van der Waals surface area contributed by atoms with Crippen LogP contribution in [-0.4, -0.2) is 16.0 Å². The van der Waals surface area contributed by atoms with Crippen molar-refractivity contribution in [1.29, 1.82) is 0 Å². The Labute approximate surface area is 97.5 Å². The van der Waals surface area contributed by atoms with E-state index < -0.39 is 0 Å². The Bertz CT molecular complexity index is 502. The molecule has 0 aliphatic rings. The summed E-state index contributed by atoms with van der Waals surface area (Å²) in [5, 5.41) is 4.19. The highest BCUT2D eigenvalue weighted by molar-refractivity contribution is 7.98. The minimum Gasteiger partial charge on any atom is -0.384 e. The number of nitrogens with zero attached hydrogens (tertiary/aromatic N) is 2. The summed E-state index contributed by atoms with van der Waals surface area (Å²) in [6, 6.07) is 6.67. The molecule has 0 bridgehead atoms. The second kappa shape index (κ2) is 4.17. The number of aryl methyl sites for hydroxylation is 1. The molecule has 0 saturated heterocycles. The van der Waals surface area contributed by atoms with Gasteiger partial charge in [0.25, 0.3) is 0 Å². The molecule has 84 valence electrons. The van der Waals surface area contributed by atoms with E-state index in [1.807, 2.05) is 12.3 Å². The molecule has 5 heteroatoms. The van der Waals surface area contributed by atoms with Crippen LogP contribution in [0.1, 0.15) is 0 Å². The van der Waals surface area contributed by atoms with Gasteiger partial charge in [0.15, 0.2) is 0 Å². The van der Waals surface area contributed by atoms with Crippen LogP contribution in [0.15, 0.2) is 29.2 Å². The van der Waals surface area contributed by atoms with Gasteiger partial charge in [-0.15, -0.1) is 11.8 Å². The van der Waals surface area contributed by atoms with Gasteiger partial charge in [0.05, 0.1) is 11.3 Å². The smallest absolute Gasteiger partial charge is 0.133 e. The van der Waals surface area contributed by atoms with Crippen molar-refractivity contribution in [2.24, 2.45) is 7.05 Å². The molecule has 3 nitrogen and oxygen atoms in total. The third-order valence-corrected chi connectivity index (χ3v) is 3.15. The lowest BCUT2D eigenvalue weighted by Crippen LogP contribution is -1.97. The van der Waals surface area contributed by atoms with E-state index in [1.165, 1.54) is 22.5 Å². The van der Waals surface area contributed by atoms with Crippen LogP contribution < -0.4 is 5.73 Å². The van der Waals surface area contributed by atoms with Crippen molar-refractivity contribution in [3.05, 3.63) is 30.1 Å². The Morgan fingerprint density at radius 3 is 2.75 bits per heavy atom. The summed E-state index contributed by atoms with van der Waals surface area (Å²) in [7, 11) is 1.73. The lowest BCUT2D eigenvalue weighted by atomic mass is 10.1. The maximum Gasteiger partial charge on any atom is 0.133 e. The summed E-state index contributed by atoms with van der Waals surface area (Å²) >= 11 is 1.49. The number of nitrogens with two attached hydrogens (primary N) is 1. The Balaban J connectivity index is 2.62. The van der Waals surface area contributed by atoms with Gasteiger partial charge >= 0.3 is 0 Å². The number of nitrogen functional groups attached to an aromatic ring is 1. The summed E-state index contributed by atoms with van der Waals surface area (Å²) in [6.45, 7) is 0. The third kappa shape index (κ3) is 1.78. The Hall–Kier alpha value is -1.49. The molecule has 0 unspecified atom stereocenters. The monoisotopic (exact) mass is 237 g/mol. The normalized spacial score (nSPS) is 10.7. The SMILES string of the molecule is CSc1cccc(F)c1-c1cc(N)n(C)n1. The van der Waals surface area contributed by atoms with E-state index in [0.29, 0.717) is 17.1 Å². The van der Waals surface area contributed by atoms with Crippen LogP contribution in [-0.2, 0) is 7.05 Å². The maximum absolute atomic E-state index is 13.8. The van der Waals surface area contributed by atoms with Crippen molar-refractivity contribution in [1.82, 2.24) is 9.78 Å². The van der Waals surface area contributed by atoms with E-state index in [2.05, 4.69) is 5.10 Å². The van der Waals surface area contributed by atoms with Crippen molar-refractivity contribution in [2.45, 2.75) is 4.90 Å². The van der Waals surface area contributed by atoms with Gasteiger partial charge in [0.1, 0.15) is 11.6 Å². The first-order valence-electron chi connectivity index (χ1n) is 4.76. The molecular weight excluding hydrogens is 225 g/mol. The van der Waals surface area contributed by atoms with Crippen molar-refractivity contribution in [2.75, 3.05) is 12.0 Å². The lowest BCUT2D eigenvalue weighted by Gasteiger charge is -2.05. The number of hydrogen-bond donors (Lipinski definition) is 1. The fourth-order valence-electron chi connectivity index (χ4n) is 1.53. The molecule has 2 N–H and O–H groups in total. The molecule has 1 aromatic heterocycles. The van der Waals surface area contributed by atoms with Gasteiger partial charge in [-0.25, -0.2) is 4.39 Å². The number of hydrogen-bond acceptors (Lipinski definition) is 3. The largest absolute Gasteiger partial charge is 0.384 e. The summed E-state index contributed by atoms with van der Waals surface area (Å²) in [6.07, 6.45) is 1.91. The minimum atomic E-state index is -0.273. The van der Waals surface area contributed by atoms with E-state index in [-0.39, 0.29) is 5.82 Å². The number of anilines is 1. The van der Waals surface area contributed by atoms with Crippen molar-refractivity contribution in [3.8, 4) is 11.3 Å². The van der Waals surface area contributed by atoms with Crippen molar-refractivity contribution < 1.29 is 4.39 Å². The first-order valence-corrected chi connectivity index (χ1v) is 5.98. The molecular formula is C11H12FN3S. The van der Waals surface area contributed by atoms with Crippen LogP contribution in [0.4, 0.5) is 10.2 Å². The van der Waals surface area contributed by atoms with Crippen LogP contribution in [0, 0.1) is 5.82 Å². The number of thioether (sulfide) groups is 1. The van der Waals surface area contributed by atoms with Crippen LogP contribution in [0.2, 0.25) is 0 Å². The van der Waals surface area contributed by atoms with Gasteiger partial charge in [-0.1, -0.05) is 6.07 Å². The molecule has 0 aliphatic heterocycles. The Morgan fingerprint density at radius 1 is 1.44 bits per heavy atom. The van der Waals surface area contributed by atoms with E-state index in [4.69, 9.17) is 5.73 Å². The molecule has 2 aromatic rings. The Kier molecular flexibility index (Phi) is 2.87.